The third-order valence-corrected chi connectivity index (χ3v) is 3.79. The highest BCUT2D eigenvalue weighted by atomic mass is 35.5. The first-order chi connectivity index (χ1) is 8.15. The minimum atomic E-state index is -0.172. The summed E-state index contributed by atoms with van der Waals surface area (Å²) in [7, 11) is 0. The van der Waals surface area contributed by atoms with E-state index in [1.165, 1.54) is 0 Å². The van der Waals surface area contributed by atoms with Crippen LogP contribution in [-0.4, -0.2) is 22.4 Å². The molecular weight excluding hydrogens is 238 g/mol. The standard InChI is InChI=1S/C13H18ClNO2/c14-11-3-4-12(17)10(7-11)8-15-13(9-16)5-1-2-6-13/h3-4,7,15-17H,1-2,5-6,8-9H2. The second-order valence-electron chi connectivity index (χ2n) is 4.77. The summed E-state index contributed by atoms with van der Waals surface area (Å²) in [4.78, 5) is 0. The lowest BCUT2D eigenvalue weighted by molar-refractivity contribution is 0.162. The van der Waals surface area contributed by atoms with Crippen LogP contribution in [0.25, 0.3) is 0 Å². The van der Waals surface area contributed by atoms with Gasteiger partial charge in [-0.3, -0.25) is 0 Å². The molecule has 1 aromatic rings. The molecule has 0 unspecified atom stereocenters. The Kier molecular flexibility index (Phi) is 3.92. The third kappa shape index (κ3) is 2.92. The molecule has 2 rings (SSSR count). The van der Waals surface area contributed by atoms with E-state index >= 15 is 0 Å². The van der Waals surface area contributed by atoms with E-state index in [1.807, 2.05) is 0 Å². The van der Waals surface area contributed by atoms with Crippen molar-refractivity contribution in [3.05, 3.63) is 28.8 Å². The highest BCUT2D eigenvalue weighted by Crippen LogP contribution is 2.30. The van der Waals surface area contributed by atoms with Crippen molar-refractivity contribution < 1.29 is 10.2 Å². The summed E-state index contributed by atoms with van der Waals surface area (Å²) < 4.78 is 0. The smallest absolute Gasteiger partial charge is 0.120 e. The molecular formula is C13H18ClNO2. The highest BCUT2D eigenvalue weighted by Gasteiger charge is 2.32. The molecule has 0 amide bonds. The van der Waals surface area contributed by atoms with Crippen molar-refractivity contribution in [1.82, 2.24) is 5.32 Å². The number of aromatic hydroxyl groups is 1. The third-order valence-electron chi connectivity index (χ3n) is 3.56. The van der Waals surface area contributed by atoms with Crippen LogP contribution >= 0.6 is 11.6 Å². The molecule has 0 bridgehead atoms. The minimum Gasteiger partial charge on any atom is -0.508 e. The van der Waals surface area contributed by atoms with E-state index in [4.69, 9.17) is 11.6 Å². The van der Waals surface area contributed by atoms with Gasteiger partial charge in [-0.25, -0.2) is 0 Å². The summed E-state index contributed by atoms with van der Waals surface area (Å²) in [6, 6.07) is 5.02. The molecule has 0 saturated heterocycles. The molecule has 1 aromatic carbocycles. The Morgan fingerprint density at radius 1 is 1.29 bits per heavy atom. The Hall–Kier alpha value is -0.770. The largest absolute Gasteiger partial charge is 0.508 e. The van der Waals surface area contributed by atoms with Gasteiger partial charge >= 0.3 is 0 Å². The molecule has 4 heteroatoms. The zero-order valence-corrected chi connectivity index (χ0v) is 10.5. The molecule has 0 atom stereocenters. The predicted molar refractivity (Wildman–Crippen MR) is 68.2 cm³/mol. The van der Waals surface area contributed by atoms with Crippen molar-refractivity contribution in [2.24, 2.45) is 0 Å². The number of hydrogen-bond donors (Lipinski definition) is 3. The lowest BCUT2D eigenvalue weighted by Crippen LogP contribution is -2.45. The Balaban J connectivity index is 2.03. The van der Waals surface area contributed by atoms with Gasteiger partial charge < -0.3 is 15.5 Å². The van der Waals surface area contributed by atoms with Crippen molar-refractivity contribution in [2.45, 2.75) is 37.8 Å². The van der Waals surface area contributed by atoms with Crippen LogP contribution in [0.3, 0.4) is 0 Å². The van der Waals surface area contributed by atoms with E-state index in [0.29, 0.717) is 11.6 Å². The lowest BCUT2D eigenvalue weighted by atomic mass is 9.98. The van der Waals surface area contributed by atoms with Crippen molar-refractivity contribution in [3.8, 4) is 5.75 Å². The Morgan fingerprint density at radius 3 is 2.65 bits per heavy atom. The van der Waals surface area contributed by atoms with Gasteiger partial charge in [-0.1, -0.05) is 24.4 Å². The fourth-order valence-electron chi connectivity index (χ4n) is 2.42. The molecule has 1 aliphatic carbocycles. The molecule has 1 fully saturated rings. The molecule has 17 heavy (non-hydrogen) atoms. The maximum Gasteiger partial charge on any atom is 0.120 e. The number of phenolic OH excluding ortho intramolecular Hbond substituents is 1. The van der Waals surface area contributed by atoms with Crippen LogP contribution in [-0.2, 0) is 6.54 Å². The van der Waals surface area contributed by atoms with Gasteiger partial charge in [0, 0.05) is 22.7 Å². The molecule has 0 aromatic heterocycles. The zero-order valence-electron chi connectivity index (χ0n) is 9.75. The first-order valence-corrected chi connectivity index (χ1v) is 6.36. The van der Waals surface area contributed by atoms with Crippen LogP contribution in [0.4, 0.5) is 0 Å². The minimum absolute atomic E-state index is 0.147. The molecule has 1 saturated carbocycles. The van der Waals surface area contributed by atoms with Gasteiger partial charge in [-0.05, 0) is 31.0 Å². The molecule has 3 N–H and O–H groups in total. The fraction of sp³-hybridized carbons (Fsp3) is 0.538. The van der Waals surface area contributed by atoms with E-state index in [2.05, 4.69) is 5.32 Å². The first-order valence-electron chi connectivity index (χ1n) is 5.98. The van der Waals surface area contributed by atoms with Crippen LogP contribution in [0.15, 0.2) is 18.2 Å². The van der Waals surface area contributed by atoms with Gasteiger partial charge in [0.1, 0.15) is 5.75 Å². The van der Waals surface area contributed by atoms with Crippen molar-refractivity contribution in [1.29, 1.82) is 0 Å². The van der Waals surface area contributed by atoms with E-state index in [-0.39, 0.29) is 17.9 Å². The summed E-state index contributed by atoms with van der Waals surface area (Å²) >= 11 is 5.89. The average molecular weight is 256 g/mol. The number of benzene rings is 1. The average Bonchev–Trinajstić information content (AvgIpc) is 2.80. The Bertz CT molecular complexity index is 389. The van der Waals surface area contributed by atoms with E-state index in [9.17, 15) is 10.2 Å². The van der Waals surface area contributed by atoms with Gasteiger partial charge in [-0.15, -0.1) is 0 Å². The Labute approximate surface area is 106 Å². The number of aliphatic hydroxyl groups excluding tert-OH is 1. The second-order valence-corrected chi connectivity index (χ2v) is 5.21. The topological polar surface area (TPSA) is 52.5 Å². The van der Waals surface area contributed by atoms with Crippen LogP contribution in [0.1, 0.15) is 31.2 Å². The summed E-state index contributed by atoms with van der Waals surface area (Å²) in [5.74, 6) is 0.244. The van der Waals surface area contributed by atoms with E-state index in [1.54, 1.807) is 18.2 Å². The summed E-state index contributed by atoms with van der Waals surface area (Å²) in [6.07, 6.45) is 4.28. The van der Waals surface area contributed by atoms with Crippen molar-refractivity contribution in [2.75, 3.05) is 6.61 Å². The number of nitrogens with one attached hydrogen (secondary N) is 1. The van der Waals surface area contributed by atoms with Crippen molar-refractivity contribution in [3.63, 3.8) is 0 Å². The molecule has 3 nitrogen and oxygen atoms in total. The summed E-state index contributed by atoms with van der Waals surface area (Å²) in [5.41, 5.74) is 0.603. The maximum atomic E-state index is 9.70. The lowest BCUT2D eigenvalue weighted by Gasteiger charge is -2.28. The van der Waals surface area contributed by atoms with Gasteiger partial charge in [0.05, 0.1) is 6.61 Å². The second kappa shape index (κ2) is 5.25. The molecule has 0 aliphatic heterocycles. The van der Waals surface area contributed by atoms with Gasteiger partial charge in [-0.2, -0.15) is 0 Å². The molecule has 94 valence electrons. The van der Waals surface area contributed by atoms with Gasteiger partial charge in [0.25, 0.3) is 0 Å². The van der Waals surface area contributed by atoms with E-state index < -0.39 is 0 Å². The van der Waals surface area contributed by atoms with Gasteiger partial charge in [0.15, 0.2) is 0 Å². The number of rotatable bonds is 4. The number of halogens is 1. The molecule has 0 heterocycles. The molecule has 0 spiro atoms. The predicted octanol–water partition coefficient (Wildman–Crippen LogP) is 2.44. The first kappa shape index (κ1) is 12.7. The summed E-state index contributed by atoms with van der Waals surface area (Å²) in [6.45, 7) is 0.682. The zero-order chi connectivity index (χ0) is 12.3. The van der Waals surface area contributed by atoms with Crippen LogP contribution in [0.5, 0.6) is 5.75 Å². The monoisotopic (exact) mass is 255 g/mol. The SMILES string of the molecule is OCC1(NCc2cc(Cl)ccc2O)CCCC1. The van der Waals surface area contributed by atoms with Crippen LogP contribution < -0.4 is 5.32 Å². The maximum absolute atomic E-state index is 9.70. The normalized spacial score (nSPS) is 18.5. The van der Waals surface area contributed by atoms with Crippen LogP contribution in [0, 0.1) is 0 Å². The van der Waals surface area contributed by atoms with Crippen molar-refractivity contribution >= 4 is 11.6 Å². The molecule has 0 radical (unpaired) electrons. The fourth-order valence-corrected chi connectivity index (χ4v) is 2.62. The summed E-state index contributed by atoms with van der Waals surface area (Å²) in [5, 5.41) is 23.1. The highest BCUT2D eigenvalue weighted by molar-refractivity contribution is 6.30. The van der Waals surface area contributed by atoms with Crippen LogP contribution in [0.2, 0.25) is 5.02 Å². The number of aliphatic hydroxyl groups is 1. The number of phenols is 1. The van der Waals surface area contributed by atoms with Gasteiger partial charge in [0.2, 0.25) is 0 Å². The van der Waals surface area contributed by atoms with E-state index in [0.717, 1.165) is 31.2 Å². The molecule has 1 aliphatic rings. The Morgan fingerprint density at radius 2 is 2.00 bits per heavy atom. The quantitative estimate of drug-likeness (QED) is 0.775. The number of hydrogen-bond acceptors (Lipinski definition) is 3.